The number of anilines is 2. The summed E-state index contributed by atoms with van der Waals surface area (Å²) in [5.74, 6) is 1.39. The minimum atomic E-state index is -2.64. The lowest BCUT2D eigenvalue weighted by Gasteiger charge is -2.34. The summed E-state index contributed by atoms with van der Waals surface area (Å²) in [4.78, 5) is 31.5. The van der Waals surface area contributed by atoms with Gasteiger partial charge in [-0.3, -0.25) is 19.0 Å². The molecule has 3 aliphatic heterocycles. The fraction of sp³-hybridized carbons (Fsp3) is 0.562. The second-order valence-corrected chi connectivity index (χ2v) is 12.5. The van der Waals surface area contributed by atoms with E-state index in [4.69, 9.17) is 5.10 Å². The summed E-state index contributed by atoms with van der Waals surface area (Å²) >= 11 is 0. The molecule has 2 fully saturated rings. The van der Waals surface area contributed by atoms with Crippen molar-refractivity contribution in [3.05, 3.63) is 46.9 Å². The van der Waals surface area contributed by atoms with E-state index in [0.29, 0.717) is 49.5 Å². The molecule has 1 aromatic carbocycles. The number of carbonyl (C=O) groups is 2. The fourth-order valence-electron chi connectivity index (χ4n) is 7.16. The molecule has 0 bridgehead atoms. The summed E-state index contributed by atoms with van der Waals surface area (Å²) in [7, 11) is 1.78. The van der Waals surface area contributed by atoms with Crippen LogP contribution in [0.4, 0.5) is 20.3 Å². The standard InChI is InChI=1S/C32H39F2N7O2/c1-3-29(42)39-14-10-27-26(19-39)31(36-41(27)23-8-12-38(13-9-23)32(43)20-6-7-20)40-11-4-5-21-15-24(22-17-35-37(2)18-22)25(30(33)34)16-28(21)40/h15-18,20,23,30H,3-14,19H2,1-2H3. The number of likely N-dealkylation sites (tertiary alicyclic amines) is 1. The predicted molar refractivity (Wildman–Crippen MR) is 158 cm³/mol. The van der Waals surface area contributed by atoms with Gasteiger partial charge in [0, 0.05) is 86.3 Å². The van der Waals surface area contributed by atoms with Crippen molar-refractivity contribution in [2.45, 2.75) is 77.3 Å². The molecule has 7 rings (SSSR count). The number of piperidine rings is 1. The third-order valence-electron chi connectivity index (χ3n) is 9.64. The monoisotopic (exact) mass is 591 g/mol. The van der Waals surface area contributed by atoms with Gasteiger partial charge in [0.15, 0.2) is 5.82 Å². The second-order valence-electron chi connectivity index (χ2n) is 12.5. The molecule has 228 valence electrons. The first-order valence-corrected chi connectivity index (χ1v) is 15.7. The number of hydrogen-bond donors (Lipinski definition) is 0. The summed E-state index contributed by atoms with van der Waals surface area (Å²) in [6, 6.07) is 3.71. The maximum atomic E-state index is 14.5. The Kier molecular flexibility index (Phi) is 7.21. The number of rotatable bonds is 6. The van der Waals surface area contributed by atoms with Crippen LogP contribution in [0.1, 0.15) is 80.3 Å². The second kappa shape index (κ2) is 11.1. The number of alkyl halides is 2. The molecule has 9 nitrogen and oxygen atoms in total. The molecule has 5 heterocycles. The highest BCUT2D eigenvalue weighted by atomic mass is 19.3. The molecule has 4 aliphatic rings. The van der Waals surface area contributed by atoms with Gasteiger partial charge < -0.3 is 14.7 Å². The fourth-order valence-corrected chi connectivity index (χ4v) is 7.16. The van der Waals surface area contributed by atoms with Crippen LogP contribution in [0.25, 0.3) is 11.1 Å². The first kappa shape index (κ1) is 28.0. The Hall–Kier alpha value is -3.76. The minimum absolute atomic E-state index is 0.0116. The van der Waals surface area contributed by atoms with Crippen molar-refractivity contribution in [1.82, 2.24) is 29.4 Å². The number of benzene rings is 1. The van der Waals surface area contributed by atoms with Gasteiger partial charge in [0.2, 0.25) is 11.8 Å². The van der Waals surface area contributed by atoms with Gasteiger partial charge >= 0.3 is 0 Å². The zero-order valence-corrected chi connectivity index (χ0v) is 24.9. The van der Waals surface area contributed by atoms with E-state index in [1.165, 1.54) is 0 Å². The Morgan fingerprint density at radius 2 is 1.81 bits per heavy atom. The summed E-state index contributed by atoms with van der Waals surface area (Å²) < 4.78 is 32.8. The van der Waals surface area contributed by atoms with Crippen LogP contribution in [0.5, 0.6) is 0 Å². The molecule has 0 atom stereocenters. The summed E-state index contributed by atoms with van der Waals surface area (Å²) in [6.07, 6.45) is 7.27. The van der Waals surface area contributed by atoms with Crippen LogP contribution in [0.3, 0.4) is 0 Å². The molecule has 1 saturated carbocycles. The van der Waals surface area contributed by atoms with E-state index in [-0.39, 0.29) is 23.4 Å². The molecule has 2 amide bonds. The minimum Gasteiger partial charge on any atom is -0.342 e. The van der Waals surface area contributed by atoms with Crippen LogP contribution >= 0.6 is 0 Å². The molecule has 1 aliphatic carbocycles. The normalized spacial score (nSPS) is 19.1. The van der Waals surface area contributed by atoms with E-state index in [1.807, 2.05) is 22.8 Å². The Morgan fingerprint density at radius 3 is 2.49 bits per heavy atom. The lowest BCUT2D eigenvalue weighted by molar-refractivity contribution is -0.134. The SMILES string of the molecule is CCC(=O)N1CCc2c(c(N3CCCc4cc(-c5cnn(C)c5)c(C(F)F)cc43)nn2C2CCN(C(=O)C3CC3)CC2)C1. The number of carbonyl (C=O) groups excluding carboxylic acids is 2. The van der Waals surface area contributed by atoms with E-state index in [2.05, 4.69) is 14.7 Å². The summed E-state index contributed by atoms with van der Waals surface area (Å²) in [6.45, 7) is 5.12. The van der Waals surface area contributed by atoms with Crippen molar-refractivity contribution < 1.29 is 18.4 Å². The maximum absolute atomic E-state index is 14.5. The zero-order valence-electron chi connectivity index (χ0n) is 24.9. The number of aromatic nitrogens is 4. The van der Waals surface area contributed by atoms with E-state index < -0.39 is 6.43 Å². The highest BCUT2D eigenvalue weighted by Crippen LogP contribution is 2.44. The third kappa shape index (κ3) is 5.10. The van der Waals surface area contributed by atoms with Crippen molar-refractivity contribution in [3.63, 3.8) is 0 Å². The van der Waals surface area contributed by atoms with Gasteiger partial charge in [0.05, 0.1) is 18.8 Å². The Bertz CT molecular complexity index is 1550. The molecular weight excluding hydrogens is 552 g/mol. The molecule has 1 saturated heterocycles. The topological polar surface area (TPSA) is 79.5 Å². The van der Waals surface area contributed by atoms with Crippen LogP contribution in [-0.4, -0.2) is 67.4 Å². The van der Waals surface area contributed by atoms with Crippen LogP contribution in [0.15, 0.2) is 24.5 Å². The van der Waals surface area contributed by atoms with Crippen LogP contribution in [0.2, 0.25) is 0 Å². The maximum Gasteiger partial charge on any atom is 0.264 e. The number of nitrogens with zero attached hydrogens (tertiary/aromatic N) is 7. The van der Waals surface area contributed by atoms with Crippen LogP contribution in [0, 0.1) is 5.92 Å². The molecular formula is C32H39F2N7O2. The van der Waals surface area contributed by atoms with Gasteiger partial charge in [0.25, 0.3) is 6.43 Å². The molecule has 2 aromatic heterocycles. The molecule has 43 heavy (non-hydrogen) atoms. The zero-order chi connectivity index (χ0) is 29.8. The first-order valence-electron chi connectivity index (χ1n) is 15.7. The van der Waals surface area contributed by atoms with E-state index >= 15 is 0 Å². The number of hydrogen-bond acceptors (Lipinski definition) is 5. The molecule has 0 unspecified atom stereocenters. The highest BCUT2D eigenvalue weighted by Gasteiger charge is 2.38. The average Bonchev–Trinajstić information content (AvgIpc) is 3.68. The molecule has 0 N–H and O–H groups in total. The molecule has 11 heteroatoms. The van der Waals surface area contributed by atoms with Crippen molar-refractivity contribution >= 4 is 23.3 Å². The Morgan fingerprint density at radius 1 is 1.02 bits per heavy atom. The molecule has 0 radical (unpaired) electrons. The van der Waals surface area contributed by atoms with Crippen LogP contribution in [-0.2, 0) is 36.0 Å². The quantitative estimate of drug-likeness (QED) is 0.395. The third-order valence-corrected chi connectivity index (χ3v) is 9.64. The van der Waals surface area contributed by atoms with Gasteiger partial charge in [-0.1, -0.05) is 6.92 Å². The number of halogens is 2. The largest absolute Gasteiger partial charge is 0.342 e. The van der Waals surface area contributed by atoms with Gasteiger partial charge in [0.1, 0.15) is 0 Å². The smallest absolute Gasteiger partial charge is 0.264 e. The lowest BCUT2D eigenvalue weighted by atomic mass is 9.92. The Balaban J connectivity index is 1.27. The van der Waals surface area contributed by atoms with Gasteiger partial charge in [-0.2, -0.15) is 10.2 Å². The van der Waals surface area contributed by atoms with Gasteiger partial charge in [-0.25, -0.2) is 8.78 Å². The van der Waals surface area contributed by atoms with E-state index in [0.717, 1.165) is 79.9 Å². The van der Waals surface area contributed by atoms with Crippen LogP contribution < -0.4 is 4.90 Å². The summed E-state index contributed by atoms with van der Waals surface area (Å²) in [5.41, 5.74) is 5.13. The average molecular weight is 592 g/mol. The molecule has 0 spiro atoms. The molecule has 3 aromatic rings. The summed E-state index contributed by atoms with van der Waals surface area (Å²) in [5, 5.41) is 9.45. The number of aryl methyl sites for hydroxylation is 2. The van der Waals surface area contributed by atoms with E-state index in [1.54, 1.807) is 30.2 Å². The van der Waals surface area contributed by atoms with Crippen molar-refractivity contribution in [3.8, 4) is 11.1 Å². The van der Waals surface area contributed by atoms with E-state index in [9.17, 15) is 18.4 Å². The van der Waals surface area contributed by atoms with Gasteiger partial charge in [-0.15, -0.1) is 0 Å². The first-order chi connectivity index (χ1) is 20.8. The lowest BCUT2D eigenvalue weighted by Crippen LogP contribution is -2.41. The van der Waals surface area contributed by atoms with Crippen molar-refractivity contribution in [1.29, 1.82) is 0 Å². The highest BCUT2D eigenvalue weighted by molar-refractivity contribution is 5.81. The van der Waals surface area contributed by atoms with Gasteiger partial charge in [-0.05, 0) is 61.8 Å². The number of amides is 2. The number of fused-ring (bicyclic) bond motifs is 2. The van der Waals surface area contributed by atoms with Crippen molar-refractivity contribution in [2.24, 2.45) is 13.0 Å². The van der Waals surface area contributed by atoms with Crippen molar-refractivity contribution in [2.75, 3.05) is 31.1 Å². The Labute approximate surface area is 250 Å². The predicted octanol–water partition coefficient (Wildman–Crippen LogP) is 5.17.